The highest BCUT2D eigenvalue weighted by molar-refractivity contribution is 5.89. The minimum Gasteiger partial charge on any atom is -0.370 e. The molecule has 1 atom stereocenters. The summed E-state index contributed by atoms with van der Waals surface area (Å²) in [5.41, 5.74) is 8.52. The summed E-state index contributed by atoms with van der Waals surface area (Å²) in [7, 11) is 0. The molecule has 10 rings (SSSR count). The maximum atomic E-state index is 4.73. The van der Waals surface area contributed by atoms with Crippen molar-refractivity contribution in [3.8, 4) is 0 Å². The van der Waals surface area contributed by atoms with E-state index in [9.17, 15) is 0 Å². The van der Waals surface area contributed by atoms with Gasteiger partial charge in [0.2, 0.25) is 0 Å². The molecule has 2 N–H and O–H groups in total. The largest absolute Gasteiger partial charge is 0.370 e. The Bertz CT molecular complexity index is 2610. The van der Waals surface area contributed by atoms with Crippen LogP contribution in [0.1, 0.15) is 179 Å². The molecule has 72 heavy (non-hydrogen) atoms. The lowest BCUT2D eigenvalue weighted by molar-refractivity contribution is 0.202. The zero-order valence-corrected chi connectivity index (χ0v) is 47.1. The topological polar surface area (TPSA) is 116 Å². The zero-order chi connectivity index (χ0) is 52.3. The molecule has 0 saturated carbocycles. The van der Waals surface area contributed by atoms with Crippen molar-refractivity contribution in [1.29, 1.82) is 0 Å². The van der Waals surface area contributed by atoms with Gasteiger partial charge in [0.25, 0.3) is 0 Å². The molecule has 1 aliphatic carbocycles. The molecular formula is C62H92N10. The van der Waals surface area contributed by atoms with Gasteiger partial charge < -0.3 is 15.5 Å². The smallest absolute Gasteiger partial charge is 0.134 e. The summed E-state index contributed by atoms with van der Waals surface area (Å²) in [6, 6.07) is 25.4. The summed E-state index contributed by atoms with van der Waals surface area (Å²) in [4.78, 5) is 34.5. The number of aliphatic imine (C=N–C) groups is 3. The molecule has 4 aliphatic heterocycles. The van der Waals surface area contributed by atoms with E-state index in [1.165, 1.54) is 80.7 Å². The molecule has 1 fully saturated rings. The van der Waals surface area contributed by atoms with Gasteiger partial charge in [0.15, 0.2) is 0 Å². The third-order valence-corrected chi connectivity index (χ3v) is 13.6. The van der Waals surface area contributed by atoms with Crippen LogP contribution in [0.4, 0.5) is 0 Å². The average molecular weight is 977 g/mol. The number of piperidine rings is 1. The molecule has 10 heteroatoms. The molecule has 0 spiro atoms. The molecule has 5 aliphatic rings. The summed E-state index contributed by atoms with van der Waals surface area (Å²) < 4.78 is 0. The number of nitrogens with one attached hydrogen (secondary N) is 2. The van der Waals surface area contributed by atoms with E-state index in [0.717, 1.165) is 78.1 Å². The van der Waals surface area contributed by atoms with E-state index in [0.29, 0.717) is 0 Å². The van der Waals surface area contributed by atoms with Crippen molar-refractivity contribution in [2.24, 2.45) is 31.2 Å². The highest BCUT2D eigenvalue weighted by Crippen LogP contribution is 2.31. The molecule has 390 valence electrons. The first-order valence-corrected chi connectivity index (χ1v) is 27.0. The molecule has 2 aromatic heterocycles. The Hall–Kier alpha value is -5.51. The second-order valence-corrected chi connectivity index (χ2v) is 25.3. The van der Waals surface area contributed by atoms with E-state index in [1.807, 2.05) is 60.9 Å². The van der Waals surface area contributed by atoms with Crippen LogP contribution >= 0.6 is 0 Å². The molecule has 6 heterocycles. The Kier molecular flexibility index (Phi) is 18.6. The number of amidine groups is 3. The summed E-state index contributed by atoms with van der Waals surface area (Å²) in [6.45, 7) is 38.8. The third-order valence-electron chi connectivity index (χ3n) is 13.6. The maximum absolute atomic E-state index is 4.73. The summed E-state index contributed by atoms with van der Waals surface area (Å²) in [6.07, 6.45) is 14.5. The number of hydrogen-bond donors (Lipinski definition) is 2. The van der Waals surface area contributed by atoms with Crippen molar-refractivity contribution in [2.75, 3.05) is 26.2 Å². The summed E-state index contributed by atoms with van der Waals surface area (Å²) in [5.74, 6) is 5.44. The fourth-order valence-corrected chi connectivity index (χ4v) is 9.47. The Morgan fingerprint density at radius 2 is 0.986 bits per heavy atom. The molecule has 0 amide bonds. The Balaban J connectivity index is 0.000000169. The molecule has 1 saturated heterocycles. The van der Waals surface area contributed by atoms with Crippen LogP contribution in [-0.2, 0) is 23.9 Å². The van der Waals surface area contributed by atoms with Gasteiger partial charge in [0, 0.05) is 83.9 Å². The van der Waals surface area contributed by atoms with Gasteiger partial charge in [-0.2, -0.15) is 0 Å². The molecule has 3 aromatic carbocycles. The quantitative estimate of drug-likeness (QED) is 0.148. The highest BCUT2D eigenvalue weighted by atomic mass is 15.2. The van der Waals surface area contributed by atoms with Crippen LogP contribution in [0.5, 0.6) is 0 Å². The van der Waals surface area contributed by atoms with Crippen molar-refractivity contribution in [3.63, 3.8) is 0 Å². The average Bonchev–Trinajstić information content (AvgIpc) is 3.71. The third kappa shape index (κ3) is 16.0. The molecule has 10 nitrogen and oxygen atoms in total. The normalized spacial score (nSPS) is 18.2. The number of benzene rings is 3. The number of para-hydroxylation sites is 2. The van der Waals surface area contributed by atoms with Gasteiger partial charge in [-0.3, -0.25) is 15.0 Å². The van der Waals surface area contributed by atoms with E-state index < -0.39 is 0 Å². The van der Waals surface area contributed by atoms with Crippen molar-refractivity contribution < 1.29 is 1.43 Å². The van der Waals surface area contributed by atoms with E-state index in [4.69, 9.17) is 9.98 Å². The first-order chi connectivity index (χ1) is 33.9. The van der Waals surface area contributed by atoms with E-state index in [-0.39, 0.29) is 28.5 Å². The van der Waals surface area contributed by atoms with E-state index in [1.54, 1.807) is 11.1 Å². The maximum Gasteiger partial charge on any atom is 0.134 e. The minimum absolute atomic E-state index is 0. The van der Waals surface area contributed by atoms with Gasteiger partial charge in [-0.1, -0.05) is 170 Å². The summed E-state index contributed by atoms with van der Waals surface area (Å²) in [5, 5.41) is 9.14. The van der Waals surface area contributed by atoms with E-state index >= 15 is 0 Å². The zero-order valence-electron chi connectivity index (χ0n) is 47.1. The van der Waals surface area contributed by atoms with Crippen LogP contribution in [0.25, 0.3) is 21.8 Å². The fraction of sp³-hybridized carbons (Fsp3) is 0.565. The first kappa shape index (κ1) is 55.8. The van der Waals surface area contributed by atoms with Gasteiger partial charge in [-0.25, -0.2) is 19.9 Å². The molecule has 0 bridgehead atoms. The van der Waals surface area contributed by atoms with Gasteiger partial charge in [0.05, 0.1) is 24.1 Å². The van der Waals surface area contributed by atoms with Crippen LogP contribution in [-0.4, -0.2) is 74.6 Å². The van der Waals surface area contributed by atoms with Crippen molar-refractivity contribution >= 4 is 39.3 Å². The number of aromatic nitrogens is 4. The van der Waals surface area contributed by atoms with Crippen LogP contribution < -0.4 is 10.6 Å². The van der Waals surface area contributed by atoms with Gasteiger partial charge in [0.1, 0.15) is 29.2 Å². The fourth-order valence-electron chi connectivity index (χ4n) is 9.47. The predicted octanol–water partition coefficient (Wildman–Crippen LogP) is 14.4. The van der Waals surface area contributed by atoms with Crippen molar-refractivity contribution in [3.05, 3.63) is 119 Å². The number of hydrogen-bond acceptors (Lipinski definition) is 10. The molecule has 5 aromatic rings. The summed E-state index contributed by atoms with van der Waals surface area (Å²) >= 11 is 0. The Morgan fingerprint density at radius 3 is 1.53 bits per heavy atom. The number of fused-ring (bicyclic) bond motifs is 4. The van der Waals surface area contributed by atoms with Crippen LogP contribution in [0, 0.1) is 16.2 Å². The van der Waals surface area contributed by atoms with Crippen LogP contribution in [0.2, 0.25) is 0 Å². The highest BCUT2D eigenvalue weighted by Gasteiger charge is 2.33. The lowest BCUT2D eigenvalue weighted by atomic mass is 9.88. The molecular weight excluding hydrogens is 885 g/mol. The second kappa shape index (κ2) is 24.0. The van der Waals surface area contributed by atoms with E-state index in [2.05, 4.69) is 169 Å². The lowest BCUT2D eigenvalue weighted by Crippen LogP contribution is -2.51. The van der Waals surface area contributed by atoms with Gasteiger partial charge in [-0.05, 0) is 80.2 Å². The lowest BCUT2D eigenvalue weighted by Gasteiger charge is -2.44. The minimum atomic E-state index is 0. The molecule has 1 unspecified atom stereocenters. The standard InChI is InChI=1S/C13H22N2.C13H18N2.C12H22N2.2C12H14N2.H2/c2*1-13(2,3)12-14-8-10-6-4-5-7-11(10)9-15-12;1-12(2,3)11-13-8-7-10-6-4-5-9-14(10)11;2*1-12(2,3)11-13-8-9-6-4-5-7-10(9)14-11;/h4-9H2,1-3H3,(H,14,15);4-7H,8-9H2,1-3H3,(H,14,15);10H,4-9H2,1-3H3;2*4-8H,1-3H3;1H. The van der Waals surface area contributed by atoms with Crippen LogP contribution in [0.3, 0.4) is 0 Å². The Labute approximate surface area is 436 Å². The number of nitrogens with zero attached hydrogens (tertiary/aromatic N) is 8. The SMILES string of the molecule is CC(C)(C)C1=NCC2=C(CCCC2)CN1.CC(C)(C)C1=NCCC2CCCCN12.CC(C)(C)C1=NCc2ccccc2CN1.CC(C)(C)c1ncc2ccccc2n1.CC(C)(C)c1ncc2ccccc2n1.[HH]. The Morgan fingerprint density at radius 1 is 0.486 bits per heavy atom. The van der Waals surface area contributed by atoms with Crippen molar-refractivity contribution in [2.45, 2.75) is 185 Å². The number of rotatable bonds is 0. The first-order valence-electron chi connectivity index (χ1n) is 27.0. The predicted molar refractivity (Wildman–Crippen MR) is 308 cm³/mol. The van der Waals surface area contributed by atoms with Crippen LogP contribution in [0.15, 0.2) is 111 Å². The molecule has 0 radical (unpaired) electrons. The van der Waals surface area contributed by atoms with Gasteiger partial charge in [-0.15, -0.1) is 0 Å². The van der Waals surface area contributed by atoms with Gasteiger partial charge >= 0.3 is 0 Å². The van der Waals surface area contributed by atoms with Crippen molar-refractivity contribution in [1.82, 2.24) is 35.5 Å². The second-order valence-electron chi connectivity index (χ2n) is 25.3. The monoisotopic (exact) mass is 977 g/mol.